The van der Waals surface area contributed by atoms with Crippen LogP contribution in [0.4, 0.5) is 0 Å². The molecule has 0 atom stereocenters. The first-order valence-electron chi connectivity index (χ1n) is 9.58. The lowest BCUT2D eigenvalue weighted by molar-refractivity contribution is -0.151. The molecule has 0 unspecified atom stereocenters. The minimum Gasteiger partial charge on any atom is -0.464 e. The average molecular weight is 443 g/mol. The first-order chi connectivity index (χ1) is 14.3. The maximum atomic E-state index is 12.4. The molecule has 5 nitrogen and oxygen atoms in total. The topological polar surface area (TPSA) is 68.3 Å². The number of benzene rings is 2. The Bertz CT molecular complexity index is 1050. The van der Waals surface area contributed by atoms with Gasteiger partial charge in [0, 0.05) is 16.0 Å². The van der Waals surface area contributed by atoms with Crippen LogP contribution in [0.15, 0.2) is 53.9 Å². The molecule has 0 aliphatic heterocycles. The first kappa shape index (κ1) is 22.0. The van der Waals surface area contributed by atoms with Crippen LogP contribution in [-0.4, -0.2) is 29.0 Å². The van der Waals surface area contributed by atoms with Gasteiger partial charge in [0.15, 0.2) is 0 Å². The van der Waals surface area contributed by atoms with E-state index in [0.717, 1.165) is 21.7 Å². The number of halogens is 1. The molecule has 1 aromatic heterocycles. The van der Waals surface area contributed by atoms with Gasteiger partial charge in [-0.05, 0) is 50.1 Å². The molecule has 1 amide bonds. The molecular weight excluding hydrogens is 420 g/mol. The summed E-state index contributed by atoms with van der Waals surface area (Å²) in [7, 11) is 0. The van der Waals surface area contributed by atoms with Gasteiger partial charge in [0.05, 0.1) is 18.7 Å². The molecule has 3 aromatic rings. The highest BCUT2D eigenvalue weighted by molar-refractivity contribution is 7.13. The minimum atomic E-state index is -1.09. The summed E-state index contributed by atoms with van der Waals surface area (Å²) < 4.78 is 5.01. The monoisotopic (exact) mass is 442 g/mol. The molecule has 1 heterocycles. The zero-order chi connectivity index (χ0) is 21.7. The Kier molecular flexibility index (Phi) is 6.90. The number of hydrogen-bond acceptors (Lipinski definition) is 5. The van der Waals surface area contributed by atoms with Gasteiger partial charge in [0.2, 0.25) is 5.91 Å². The summed E-state index contributed by atoms with van der Waals surface area (Å²) in [6.07, 6.45) is 0.0770. The van der Waals surface area contributed by atoms with E-state index in [4.69, 9.17) is 16.3 Å². The van der Waals surface area contributed by atoms with Gasteiger partial charge in [-0.2, -0.15) is 0 Å². The molecule has 7 heteroatoms. The van der Waals surface area contributed by atoms with E-state index in [1.54, 1.807) is 20.8 Å². The van der Waals surface area contributed by atoms with Crippen molar-refractivity contribution in [2.45, 2.75) is 32.7 Å². The molecular formula is C23H23ClN2O3S. The quantitative estimate of drug-likeness (QED) is 0.515. The van der Waals surface area contributed by atoms with Gasteiger partial charge in [-0.15, -0.1) is 11.3 Å². The highest BCUT2D eigenvalue weighted by Gasteiger charge is 2.31. The number of hydrogen-bond donors (Lipinski definition) is 1. The normalized spacial score (nSPS) is 11.2. The van der Waals surface area contributed by atoms with Crippen LogP contribution < -0.4 is 5.32 Å². The second-order valence-corrected chi connectivity index (χ2v) is 8.56. The summed E-state index contributed by atoms with van der Waals surface area (Å²) in [5.41, 5.74) is 2.52. The van der Waals surface area contributed by atoms with Crippen molar-refractivity contribution in [3.8, 4) is 21.7 Å². The van der Waals surface area contributed by atoms with Crippen molar-refractivity contribution in [1.82, 2.24) is 10.3 Å². The number of rotatable bonds is 7. The standard InChI is InChI=1S/C23H23ClN2O3S/c1-4-29-22(28)23(2,3)26-20(27)13-17-14-30-21(25-17)18-11-10-16(24)12-19(18)15-8-6-5-7-9-15/h5-12,14H,4,13H2,1-3H3,(H,26,27). The van der Waals surface area contributed by atoms with Crippen LogP contribution in [0.5, 0.6) is 0 Å². The zero-order valence-corrected chi connectivity index (χ0v) is 18.6. The maximum absolute atomic E-state index is 12.4. The number of carbonyl (C=O) groups is 2. The number of aromatic nitrogens is 1. The molecule has 0 saturated carbocycles. The fraction of sp³-hybridized carbons (Fsp3) is 0.261. The summed E-state index contributed by atoms with van der Waals surface area (Å²) in [5, 5.41) is 6.03. The lowest BCUT2D eigenvalue weighted by Crippen LogP contribution is -2.51. The van der Waals surface area contributed by atoms with Crippen LogP contribution in [0, 0.1) is 0 Å². The molecule has 2 aromatic carbocycles. The number of nitrogens with one attached hydrogen (secondary N) is 1. The number of esters is 1. The smallest absolute Gasteiger partial charge is 0.331 e. The largest absolute Gasteiger partial charge is 0.464 e. The molecule has 0 radical (unpaired) electrons. The third-order valence-electron chi connectivity index (χ3n) is 4.43. The van der Waals surface area contributed by atoms with Crippen molar-refractivity contribution in [3.63, 3.8) is 0 Å². The van der Waals surface area contributed by atoms with Crippen LogP contribution in [0.25, 0.3) is 21.7 Å². The van der Waals surface area contributed by atoms with Gasteiger partial charge in [0.25, 0.3) is 0 Å². The second kappa shape index (κ2) is 9.41. The summed E-state index contributed by atoms with van der Waals surface area (Å²) in [4.78, 5) is 29.1. The second-order valence-electron chi connectivity index (χ2n) is 7.27. The van der Waals surface area contributed by atoms with E-state index in [-0.39, 0.29) is 18.9 Å². The third kappa shape index (κ3) is 5.26. The van der Waals surface area contributed by atoms with Gasteiger partial charge in [-0.25, -0.2) is 9.78 Å². The van der Waals surface area contributed by atoms with E-state index in [2.05, 4.69) is 10.3 Å². The van der Waals surface area contributed by atoms with Gasteiger partial charge in [-0.3, -0.25) is 4.79 Å². The Morgan fingerprint density at radius 3 is 2.57 bits per heavy atom. The summed E-state index contributed by atoms with van der Waals surface area (Å²) >= 11 is 7.70. The van der Waals surface area contributed by atoms with Crippen LogP contribution in [0.3, 0.4) is 0 Å². The molecule has 0 saturated heterocycles. The number of carbonyl (C=O) groups excluding carboxylic acids is 2. The summed E-state index contributed by atoms with van der Waals surface area (Å²) in [6, 6.07) is 15.7. The molecule has 1 N–H and O–H groups in total. The fourth-order valence-corrected chi connectivity index (χ4v) is 4.02. The van der Waals surface area contributed by atoms with Crippen molar-refractivity contribution in [3.05, 3.63) is 64.6 Å². The Balaban J connectivity index is 1.79. The molecule has 0 bridgehead atoms. The van der Waals surface area contributed by atoms with Gasteiger partial charge >= 0.3 is 5.97 Å². The number of thiazole rings is 1. The summed E-state index contributed by atoms with van der Waals surface area (Å²) in [5.74, 6) is -0.754. The molecule has 156 valence electrons. The van der Waals surface area contributed by atoms with Crippen LogP contribution in [0.1, 0.15) is 26.5 Å². The molecule has 0 fully saturated rings. The number of amides is 1. The third-order valence-corrected chi connectivity index (χ3v) is 5.59. The molecule has 30 heavy (non-hydrogen) atoms. The number of ether oxygens (including phenoxy) is 1. The Hall–Kier alpha value is -2.70. The van der Waals surface area contributed by atoms with E-state index in [9.17, 15) is 9.59 Å². The Morgan fingerprint density at radius 2 is 1.87 bits per heavy atom. The molecule has 3 rings (SSSR count). The van der Waals surface area contributed by atoms with Crippen molar-refractivity contribution in [2.75, 3.05) is 6.61 Å². The van der Waals surface area contributed by atoms with E-state index in [0.29, 0.717) is 10.7 Å². The molecule has 0 aliphatic carbocycles. The van der Waals surface area contributed by atoms with Gasteiger partial charge < -0.3 is 10.1 Å². The molecule has 0 spiro atoms. The summed E-state index contributed by atoms with van der Waals surface area (Å²) in [6.45, 7) is 5.23. The van der Waals surface area contributed by atoms with Crippen LogP contribution in [0.2, 0.25) is 5.02 Å². The average Bonchev–Trinajstić information content (AvgIpc) is 3.16. The van der Waals surface area contributed by atoms with Crippen molar-refractivity contribution >= 4 is 34.8 Å². The maximum Gasteiger partial charge on any atom is 0.331 e. The fourth-order valence-electron chi connectivity index (χ4n) is 2.99. The Morgan fingerprint density at radius 1 is 1.13 bits per heavy atom. The predicted octanol–water partition coefficient (Wildman–Crippen LogP) is 5.13. The van der Waals surface area contributed by atoms with Gasteiger partial charge in [-0.1, -0.05) is 41.9 Å². The lowest BCUT2D eigenvalue weighted by Gasteiger charge is -2.23. The minimum absolute atomic E-state index is 0.0770. The predicted molar refractivity (Wildman–Crippen MR) is 121 cm³/mol. The van der Waals surface area contributed by atoms with Crippen LogP contribution >= 0.6 is 22.9 Å². The highest BCUT2D eigenvalue weighted by atomic mass is 35.5. The molecule has 0 aliphatic rings. The van der Waals surface area contributed by atoms with E-state index in [1.165, 1.54) is 11.3 Å². The lowest BCUT2D eigenvalue weighted by atomic mass is 10.00. The van der Waals surface area contributed by atoms with Crippen molar-refractivity contribution < 1.29 is 14.3 Å². The van der Waals surface area contributed by atoms with E-state index in [1.807, 2.05) is 53.9 Å². The van der Waals surface area contributed by atoms with Crippen molar-refractivity contribution in [2.24, 2.45) is 0 Å². The SMILES string of the molecule is CCOC(=O)C(C)(C)NC(=O)Cc1csc(-c2ccc(Cl)cc2-c2ccccc2)n1. The highest BCUT2D eigenvalue weighted by Crippen LogP contribution is 2.35. The zero-order valence-electron chi connectivity index (χ0n) is 17.1. The van der Waals surface area contributed by atoms with Gasteiger partial charge in [0.1, 0.15) is 10.5 Å². The van der Waals surface area contributed by atoms with E-state index >= 15 is 0 Å². The van der Waals surface area contributed by atoms with E-state index < -0.39 is 11.5 Å². The number of nitrogens with zero attached hydrogens (tertiary/aromatic N) is 1. The van der Waals surface area contributed by atoms with Crippen molar-refractivity contribution in [1.29, 1.82) is 0 Å². The first-order valence-corrected chi connectivity index (χ1v) is 10.8. The Labute approximate surface area is 185 Å². The van der Waals surface area contributed by atoms with Crippen LogP contribution in [-0.2, 0) is 20.7 Å².